The third-order valence-corrected chi connectivity index (χ3v) is 7.20. The van der Waals surface area contributed by atoms with E-state index in [2.05, 4.69) is 39.3 Å². The second kappa shape index (κ2) is 15.0. The molecule has 1 aromatic carbocycles. The van der Waals surface area contributed by atoms with Crippen molar-refractivity contribution in [3.63, 3.8) is 0 Å². The van der Waals surface area contributed by atoms with Gasteiger partial charge in [-0.15, -0.1) is 0 Å². The van der Waals surface area contributed by atoms with E-state index in [0.29, 0.717) is 0 Å². The van der Waals surface area contributed by atoms with Gasteiger partial charge in [0.2, 0.25) is 0 Å². The highest BCUT2D eigenvalue weighted by atomic mass is 16.5. The topological polar surface area (TPSA) is 71.3 Å². The normalized spacial score (nSPS) is 15.9. The van der Waals surface area contributed by atoms with Crippen molar-refractivity contribution in [2.75, 3.05) is 56.7 Å². The maximum atomic E-state index is 5.48. The predicted molar refractivity (Wildman–Crippen MR) is 159 cm³/mol. The first kappa shape index (κ1) is 29.8. The van der Waals surface area contributed by atoms with Crippen molar-refractivity contribution < 1.29 is 4.74 Å². The summed E-state index contributed by atoms with van der Waals surface area (Å²) in [4.78, 5) is 13.2. The average Bonchev–Trinajstić information content (AvgIpc) is 3.23. The second-order valence-corrected chi connectivity index (χ2v) is 10.3. The summed E-state index contributed by atoms with van der Waals surface area (Å²) in [6.45, 7) is 13.7. The Kier molecular flexibility index (Phi) is 11.8. The zero-order valence-corrected chi connectivity index (χ0v) is 24.8. The van der Waals surface area contributed by atoms with Crippen LogP contribution in [0.1, 0.15) is 63.0 Å². The fraction of sp³-hybridized carbons (Fsp3) is 0.633. The van der Waals surface area contributed by atoms with E-state index < -0.39 is 0 Å². The molecule has 1 saturated heterocycles. The Morgan fingerprint density at radius 3 is 2.37 bits per heavy atom. The number of para-hydroxylation sites is 1. The highest BCUT2D eigenvalue weighted by Gasteiger charge is 2.21. The molecule has 0 spiro atoms. The third kappa shape index (κ3) is 7.90. The lowest BCUT2D eigenvalue weighted by atomic mass is 9.89. The lowest BCUT2D eigenvalue weighted by Gasteiger charge is -2.30. The van der Waals surface area contributed by atoms with Gasteiger partial charge in [0, 0.05) is 51.7 Å². The lowest BCUT2D eigenvalue weighted by Crippen LogP contribution is -2.38. The first-order chi connectivity index (χ1) is 18.4. The molecule has 1 N–H and O–H groups in total. The highest BCUT2D eigenvalue weighted by Crippen LogP contribution is 2.26. The molecule has 0 radical (unpaired) electrons. The van der Waals surface area contributed by atoms with E-state index in [1.807, 2.05) is 68.7 Å². The molecule has 8 heteroatoms. The highest BCUT2D eigenvalue weighted by molar-refractivity contribution is 5.89. The number of ether oxygens (including phenoxy) is 1. The van der Waals surface area contributed by atoms with Crippen molar-refractivity contribution in [2.45, 2.75) is 66.3 Å². The number of hydrogen-bond donors (Lipinski definition) is 1. The van der Waals surface area contributed by atoms with Crippen LogP contribution in [0, 0.1) is 19.8 Å². The van der Waals surface area contributed by atoms with Gasteiger partial charge in [-0.3, -0.25) is 4.68 Å². The van der Waals surface area contributed by atoms with Crippen LogP contribution >= 0.6 is 0 Å². The zero-order chi connectivity index (χ0) is 27.5. The van der Waals surface area contributed by atoms with E-state index in [4.69, 9.17) is 4.74 Å². The molecule has 0 bridgehead atoms. The Bertz CT molecular complexity index is 1120. The summed E-state index contributed by atoms with van der Waals surface area (Å²) < 4.78 is 7.52. The summed E-state index contributed by atoms with van der Waals surface area (Å²) in [5.41, 5.74) is 3.52. The SMILES string of the molecule is CC.Cc1nc(N(C)C)c2ccccc2n1.Cc1nn(C)c(N2CCOCC2)c1CNCC1CCCCC1. The molecule has 210 valence electrons. The Labute approximate surface area is 229 Å². The van der Waals surface area contributed by atoms with Crippen molar-refractivity contribution in [3.05, 3.63) is 41.3 Å². The van der Waals surface area contributed by atoms with Crippen molar-refractivity contribution in [2.24, 2.45) is 13.0 Å². The van der Waals surface area contributed by atoms with E-state index >= 15 is 0 Å². The summed E-state index contributed by atoms with van der Waals surface area (Å²) in [5.74, 6) is 3.94. The molecule has 3 heterocycles. The summed E-state index contributed by atoms with van der Waals surface area (Å²) in [7, 11) is 6.05. The molecule has 2 aliphatic rings. The number of morpholine rings is 1. The van der Waals surface area contributed by atoms with E-state index in [1.165, 1.54) is 43.5 Å². The van der Waals surface area contributed by atoms with Crippen LogP contribution in [0.4, 0.5) is 11.6 Å². The molecule has 0 amide bonds. The molecule has 0 unspecified atom stereocenters. The molecule has 1 aliphatic carbocycles. The van der Waals surface area contributed by atoms with Crippen LogP contribution < -0.4 is 15.1 Å². The molecule has 2 aromatic heterocycles. The monoisotopic (exact) mass is 523 g/mol. The van der Waals surface area contributed by atoms with Crippen LogP contribution in [0.3, 0.4) is 0 Å². The molecule has 1 saturated carbocycles. The molecule has 2 fully saturated rings. The first-order valence-electron chi connectivity index (χ1n) is 14.4. The smallest absolute Gasteiger partial charge is 0.139 e. The van der Waals surface area contributed by atoms with Gasteiger partial charge in [0.15, 0.2) is 0 Å². The van der Waals surface area contributed by atoms with Crippen LogP contribution in [0.2, 0.25) is 0 Å². The maximum Gasteiger partial charge on any atom is 0.139 e. The number of nitrogens with zero attached hydrogens (tertiary/aromatic N) is 6. The molecule has 1 aliphatic heterocycles. The van der Waals surface area contributed by atoms with E-state index in [0.717, 1.165) is 73.5 Å². The Morgan fingerprint density at radius 1 is 1.00 bits per heavy atom. The zero-order valence-electron chi connectivity index (χ0n) is 24.8. The largest absolute Gasteiger partial charge is 0.378 e. The minimum absolute atomic E-state index is 0.812. The molecule has 3 aromatic rings. The van der Waals surface area contributed by atoms with Gasteiger partial charge in [-0.05, 0) is 51.3 Å². The van der Waals surface area contributed by atoms with Gasteiger partial charge in [-0.1, -0.05) is 45.2 Å². The predicted octanol–water partition coefficient (Wildman–Crippen LogP) is 5.27. The summed E-state index contributed by atoms with van der Waals surface area (Å²) in [6.07, 6.45) is 7.05. The summed E-state index contributed by atoms with van der Waals surface area (Å²) in [6, 6.07) is 8.06. The number of anilines is 2. The number of nitrogens with one attached hydrogen (secondary N) is 1. The molecular weight excluding hydrogens is 474 g/mol. The second-order valence-electron chi connectivity index (χ2n) is 10.3. The van der Waals surface area contributed by atoms with Gasteiger partial charge >= 0.3 is 0 Å². The number of aryl methyl sites for hydroxylation is 3. The van der Waals surface area contributed by atoms with Gasteiger partial charge in [0.05, 0.1) is 24.4 Å². The molecule has 8 nitrogen and oxygen atoms in total. The molecule has 38 heavy (non-hydrogen) atoms. The fourth-order valence-electron chi connectivity index (χ4n) is 5.37. The number of rotatable bonds is 6. The van der Waals surface area contributed by atoms with Gasteiger partial charge in [-0.25, -0.2) is 9.97 Å². The van der Waals surface area contributed by atoms with Crippen molar-refractivity contribution in [3.8, 4) is 0 Å². The van der Waals surface area contributed by atoms with Crippen molar-refractivity contribution >= 4 is 22.5 Å². The number of fused-ring (bicyclic) bond motifs is 1. The molecule has 0 atom stereocenters. The van der Waals surface area contributed by atoms with E-state index in [9.17, 15) is 0 Å². The molecular formula is C30H49N7O. The van der Waals surface area contributed by atoms with Gasteiger partial charge in [-0.2, -0.15) is 5.10 Å². The third-order valence-electron chi connectivity index (χ3n) is 7.20. The van der Waals surface area contributed by atoms with E-state index in [-0.39, 0.29) is 0 Å². The van der Waals surface area contributed by atoms with Crippen LogP contribution in [-0.4, -0.2) is 66.7 Å². The van der Waals surface area contributed by atoms with Crippen LogP contribution in [0.25, 0.3) is 10.9 Å². The van der Waals surface area contributed by atoms with E-state index in [1.54, 1.807) is 0 Å². The lowest BCUT2D eigenvalue weighted by molar-refractivity contribution is 0.122. The average molecular weight is 524 g/mol. The number of benzene rings is 1. The minimum atomic E-state index is 0.812. The summed E-state index contributed by atoms with van der Waals surface area (Å²) >= 11 is 0. The quantitative estimate of drug-likeness (QED) is 0.472. The Hall–Kier alpha value is -2.71. The van der Waals surface area contributed by atoms with Gasteiger partial charge < -0.3 is 19.9 Å². The maximum absolute atomic E-state index is 5.48. The Morgan fingerprint density at radius 2 is 1.68 bits per heavy atom. The fourth-order valence-corrected chi connectivity index (χ4v) is 5.37. The summed E-state index contributed by atoms with van der Waals surface area (Å²) in [5, 5.41) is 9.44. The molecule has 5 rings (SSSR count). The standard InChI is InChI=1S/C17H30N4O.C11H13N3.C2H6/c1-14-16(13-18-12-15-6-4-3-5-7-15)17(20(2)19-14)21-8-10-22-11-9-21;1-8-12-10-7-5-4-6-9(10)11(13-8)14(2)3;1-2/h15,18H,3-13H2,1-2H3;4-7H,1-3H3;1-2H3. The van der Waals surface area contributed by atoms with Gasteiger partial charge in [0.1, 0.15) is 17.5 Å². The van der Waals surface area contributed by atoms with Crippen LogP contribution in [0.5, 0.6) is 0 Å². The number of hydrogen-bond acceptors (Lipinski definition) is 7. The Balaban J connectivity index is 0.000000215. The van der Waals surface area contributed by atoms with Crippen LogP contribution in [-0.2, 0) is 18.3 Å². The first-order valence-corrected chi connectivity index (χ1v) is 14.4. The van der Waals surface area contributed by atoms with Crippen LogP contribution in [0.15, 0.2) is 24.3 Å². The number of aromatic nitrogens is 4. The van der Waals surface area contributed by atoms with Crippen molar-refractivity contribution in [1.82, 2.24) is 25.1 Å². The van der Waals surface area contributed by atoms with Gasteiger partial charge in [0.25, 0.3) is 0 Å². The van der Waals surface area contributed by atoms with Crippen molar-refractivity contribution in [1.29, 1.82) is 0 Å². The minimum Gasteiger partial charge on any atom is -0.378 e.